The van der Waals surface area contributed by atoms with Crippen LogP contribution in [0.1, 0.15) is 0 Å². The summed E-state index contributed by atoms with van der Waals surface area (Å²) in [6.07, 6.45) is 2.43. The molecule has 0 spiro atoms. The maximum atomic E-state index is 11.5. The van der Waals surface area contributed by atoms with Gasteiger partial charge in [0.2, 0.25) is 0 Å². The van der Waals surface area contributed by atoms with Crippen LogP contribution in [-0.4, -0.2) is 42.4 Å². The van der Waals surface area contributed by atoms with Gasteiger partial charge in [0, 0.05) is 35.6 Å². The van der Waals surface area contributed by atoms with E-state index in [1.165, 1.54) is 24.5 Å². The number of hydrogen-bond acceptors (Lipinski definition) is 6. The lowest BCUT2D eigenvalue weighted by molar-refractivity contribution is -0.386. The number of nitrogens with zero attached hydrogens (tertiary/aromatic N) is 1. The Kier molecular flexibility index (Phi) is 5.01. The Balaban J connectivity index is 3.18. The standard InChI is InChI=1S/C10H14N2O5S2/c1-18(15)7-6-11-8-4-3-5-9(19(2,16)17)10(8)12(13)14/h3-5,11H,6-7H2,1-2H3. The normalized spacial score (nSPS) is 12.9. The second-order valence-corrected chi connectivity index (χ2v) is 7.42. The third-order valence-electron chi connectivity index (χ3n) is 2.29. The van der Waals surface area contributed by atoms with Gasteiger partial charge in [-0.2, -0.15) is 0 Å². The van der Waals surface area contributed by atoms with Crippen LogP contribution < -0.4 is 5.32 Å². The Morgan fingerprint density at radius 3 is 2.53 bits per heavy atom. The van der Waals surface area contributed by atoms with Gasteiger partial charge in [-0.05, 0) is 12.1 Å². The molecule has 1 aromatic carbocycles. The van der Waals surface area contributed by atoms with Crippen molar-refractivity contribution in [2.45, 2.75) is 4.90 Å². The fourth-order valence-electron chi connectivity index (χ4n) is 1.48. The predicted molar refractivity (Wildman–Crippen MR) is 73.6 cm³/mol. The van der Waals surface area contributed by atoms with Crippen LogP contribution in [0.4, 0.5) is 11.4 Å². The molecule has 106 valence electrons. The molecule has 1 N–H and O–H groups in total. The maximum Gasteiger partial charge on any atom is 0.310 e. The lowest BCUT2D eigenvalue weighted by atomic mass is 10.2. The van der Waals surface area contributed by atoms with Crippen molar-refractivity contribution >= 4 is 32.0 Å². The monoisotopic (exact) mass is 306 g/mol. The average Bonchev–Trinajstić information content (AvgIpc) is 2.26. The van der Waals surface area contributed by atoms with Crippen molar-refractivity contribution in [2.24, 2.45) is 0 Å². The van der Waals surface area contributed by atoms with Gasteiger partial charge < -0.3 is 5.32 Å². The number of para-hydroxylation sites is 1. The fraction of sp³-hybridized carbons (Fsp3) is 0.400. The molecule has 9 heteroatoms. The van der Waals surface area contributed by atoms with Gasteiger partial charge in [0.05, 0.1) is 4.92 Å². The molecule has 0 saturated carbocycles. The van der Waals surface area contributed by atoms with Gasteiger partial charge >= 0.3 is 5.69 Å². The summed E-state index contributed by atoms with van der Waals surface area (Å²) in [5.74, 6) is 0.320. The van der Waals surface area contributed by atoms with Crippen LogP contribution in [0.15, 0.2) is 23.1 Å². The van der Waals surface area contributed by atoms with E-state index in [-0.39, 0.29) is 17.1 Å². The molecule has 0 fully saturated rings. The van der Waals surface area contributed by atoms with Crippen molar-refractivity contribution in [3.63, 3.8) is 0 Å². The van der Waals surface area contributed by atoms with Crippen LogP contribution in [0.25, 0.3) is 0 Å². The van der Waals surface area contributed by atoms with Crippen LogP contribution in [-0.2, 0) is 20.6 Å². The Morgan fingerprint density at radius 1 is 1.42 bits per heavy atom. The first-order valence-electron chi connectivity index (χ1n) is 5.25. The first kappa shape index (κ1) is 15.6. The molecule has 0 bridgehead atoms. The Hall–Kier alpha value is -1.48. The van der Waals surface area contributed by atoms with Crippen molar-refractivity contribution in [3.05, 3.63) is 28.3 Å². The summed E-state index contributed by atoms with van der Waals surface area (Å²) < 4.78 is 33.9. The number of benzene rings is 1. The summed E-state index contributed by atoms with van der Waals surface area (Å²) in [7, 11) is -4.71. The molecule has 0 aliphatic heterocycles. The zero-order valence-electron chi connectivity index (χ0n) is 10.5. The number of nitro groups is 1. The molecule has 0 aromatic heterocycles. The Labute approximate surface area is 113 Å². The number of rotatable bonds is 6. The van der Waals surface area contributed by atoms with E-state index in [0.717, 1.165) is 6.26 Å². The lowest BCUT2D eigenvalue weighted by Gasteiger charge is -2.08. The van der Waals surface area contributed by atoms with E-state index in [9.17, 15) is 22.7 Å². The zero-order valence-corrected chi connectivity index (χ0v) is 12.1. The van der Waals surface area contributed by atoms with Crippen LogP contribution in [0, 0.1) is 10.1 Å². The zero-order chi connectivity index (χ0) is 14.6. The van der Waals surface area contributed by atoms with Gasteiger partial charge in [-0.1, -0.05) is 6.07 Å². The molecule has 0 aliphatic rings. The Bertz CT molecular complexity index is 612. The number of nitro benzene ring substituents is 1. The molecule has 0 heterocycles. The fourth-order valence-corrected chi connectivity index (χ4v) is 2.73. The SMILES string of the molecule is CS(=O)CCNc1cccc(S(C)(=O)=O)c1[N+](=O)[O-]. The number of anilines is 1. The molecular weight excluding hydrogens is 292 g/mol. The summed E-state index contributed by atoms with van der Waals surface area (Å²) in [5, 5.41) is 13.8. The minimum absolute atomic E-state index is 0.110. The summed E-state index contributed by atoms with van der Waals surface area (Å²) in [6.45, 7) is 0.261. The van der Waals surface area contributed by atoms with E-state index in [4.69, 9.17) is 0 Å². The summed E-state index contributed by atoms with van der Waals surface area (Å²) >= 11 is 0. The van der Waals surface area contributed by atoms with Gasteiger partial charge in [0.25, 0.3) is 0 Å². The molecular formula is C10H14N2O5S2. The molecule has 0 amide bonds. The molecule has 7 nitrogen and oxygen atoms in total. The molecule has 1 aromatic rings. The minimum Gasteiger partial charge on any atom is -0.379 e. The first-order valence-corrected chi connectivity index (χ1v) is 8.86. The van der Waals surface area contributed by atoms with E-state index in [1.807, 2.05) is 0 Å². The third kappa shape index (κ3) is 4.28. The summed E-state index contributed by atoms with van der Waals surface area (Å²) in [5.41, 5.74) is -0.370. The molecule has 0 radical (unpaired) electrons. The lowest BCUT2D eigenvalue weighted by Crippen LogP contribution is -2.12. The van der Waals surface area contributed by atoms with Gasteiger partial charge in [0.1, 0.15) is 10.6 Å². The molecule has 1 rings (SSSR count). The smallest absolute Gasteiger partial charge is 0.310 e. The molecule has 1 atom stereocenters. The number of hydrogen-bond donors (Lipinski definition) is 1. The largest absolute Gasteiger partial charge is 0.379 e. The number of nitrogens with one attached hydrogen (secondary N) is 1. The first-order chi connectivity index (χ1) is 8.73. The highest BCUT2D eigenvalue weighted by molar-refractivity contribution is 7.90. The summed E-state index contributed by atoms with van der Waals surface area (Å²) in [4.78, 5) is 9.96. The van der Waals surface area contributed by atoms with E-state index in [0.29, 0.717) is 5.75 Å². The van der Waals surface area contributed by atoms with Crippen LogP contribution in [0.5, 0.6) is 0 Å². The number of sulfone groups is 1. The van der Waals surface area contributed by atoms with Crippen molar-refractivity contribution in [1.82, 2.24) is 0 Å². The molecule has 1 unspecified atom stereocenters. The van der Waals surface area contributed by atoms with Gasteiger partial charge in [-0.3, -0.25) is 14.3 Å². The van der Waals surface area contributed by atoms with E-state index >= 15 is 0 Å². The second-order valence-electron chi connectivity index (χ2n) is 3.89. The van der Waals surface area contributed by atoms with Gasteiger partial charge in [-0.25, -0.2) is 8.42 Å². The van der Waals surface area contributed by atoms with Crippen LogP contribution >= 0.6 is 0 Å². The topological polar surface area (TPSA) is 106 Å². The van der Waals surface area contributed by atoms with Crippen molar-refractivity contribution < 1.29 is 17.6 Å². The van der Waals surface area contributed by atoms with E-state index in [2.05, 4.69) is 5.32 Å². The minimum atomic E-state index is -3.68. The summed E-state index contributed by atoms with van der Waals surface area (Å²) in [6, 6.07) is 4.04. The molecule has 19 heavy (non-hydrogen) atoms. The third-order valence-corrected chi connectivity index (χ3v) is 4.19. The average molecular weight is 306 g/mol. The maximum absolute atomic E-state index is 11.5. The highest BCUT2D eigenvalue weighted by Gasteiger charge is 2.25. The van der Waals surface area contributed by atoms with E-state index < -0.39 is 31.2 Å². The van der Waals surface area contributed by atoms with Crippen LogP contribution in [0.3, 0.4) is 0 Å². The van der Waals surface area contributed by atoms with Crippen molar-refractivity contribution in [2.75, 3.05) is 30.1 Å². The quantitative estimate of drug-likeness (QED) is 0.615. The molecule has 0 aliphatic carbocycles. The highest BCUT2D eigenvalue weighted by Crippen LogP contribution is 2.31. The Morgan fingerprint density at radius 2 is 2.05 bits per heavy atom. The highest BCUT2D eigenvalue weighted by atomic mass is 32.2. The van der Waals surface area contributed by atoms with Gasteiger partial charge in [0.15, 0.2) is 9.84 Å². The molecule has 0 saturated heterocycles. The van der Waals surface area contributed by atoms with Gasteiger partial charge in [-0.15, -0.1) is 0 Å². The predicted octanol–water partition coefficient (Wildman–Crippen LogP) is 0.789. The second kappa shape index (κ2) is 6.11. The van der Waals surface area contributed by atoms with E-state index in [1.54, 1.807) is 0 Å². The van der Waals surface area contributed by atoms with Crippen molar-refractivity contribution in [3.8, 4) is 0 Å². The van der Waals surface area contributed by atoms with Crippen LogP contribution in [0.2, 0.25) is 0 Å². The van der Waals surface area contributed by atoms with Crippen molar-refractivity contribution in [1.29, 1.82) is 0 Å².